The molecule has 0 atom stereocenters. The van der Waals surface area contributed by atoms with Crippen molar-refractivity contribution in [1.29, 1.82) is 0 Å². The van der Waals surface area contributed by atoms with Crippen molar-refractivity contribution in [1.82, 2.24) is 4.98 Å². The first-order chi connectivity index (χ1) is 9.75. The minimum absolute atomic E-state index is 0.300. The first kappa shape index (κ1) is 12.4. The average molecular weight is 264 g/mol. The maximum absolute atomic E-state index is 14.3. The van der Waals surface area contributed by atoms with Gasteiger partial charge >= 0.3 is 0 Å². The number of pyridine rings is 1. The van der Waals surface area contributed by atoms with Crippen LogP contribution >= 0.6 is 0 Å². The van der Waals surface area contributed by atoms with Gasteiger partial charge in [-0.3, -0.25) is 0 Å². The number of benzene rings is 2. The van der Waals surface area contributed by atoms with E-state index in [1.54, 1.807) is 24.4 Å². The van der Waals surface area contributed by atoms with Gasteiger partial charge in [-0.05, 0) is 29.3 Å². The lowest BCUT2D eigenvalue weighted by Gasteiger charge is -2.08. The molecule has 2 aromatic carbocycles. The quantitative estimate of drug-likeness (QED) is 0.755. The minimum Gasteiger partial charge on any atom is -0.383 e. The van der Waals surface area contributed by atoms with Gasteiger partial charge in [0.05, 0.1) is 0 Å². The first-order valence-corrected chi connectivity index (χ1v) is 6.31. The molecule has 3 rings (SSSR count). The number of anilines is 1. The molecule has 0 unspecified atom stereocenters. The molecule has 98 valence electrons. The monoisotopic (exact) mass is 264 g/mol. The van der Waals surface area contributed by atoms with E-state index in [1.165, 1.54) is 6.07 Å². The van der Waals surface area contributed by atoms with Gasteiger partial charge in [0.1, 0.15) is 11.6 Å². The number of rotatable bonds is 2. The van der Waals surface area contributed by atoms with E-state index in [1.807, 2.05) is 36.4 Å². The van der Waals surface area contributed by atoms with Crippen molar-refractivity contribution in [2.24, 2.45) is 0 Å². The second-order valence-corrected chi connectivity index (χ2v) is 4.50. The molecule has 3 aromatic rings. The van der Waals surface area contributed by atoms with E-state index in [0.29, 0.717) is 16.9 Å². The van der Waals surface area contributed by atoms with Gasteiger partial charge in [0.2, 0.25) is 0 Å². The number of hydrogen-bond acceptors (Lipinski definition) is 2. The molecule has 0 saturated heterocycles. The Morgan fingerprint density at radius 1 is 0.800 bits per heavy atom. The first-order valence-electron chi connectivity index (χ1n) is 6.31. The molecule has 0 radical (unpaired) electrons. The number of hydrogen-bond donors (Lipinski definition) is 1. The molecule has 0 fully saturated rings. The lowest BCUT2D eigenvalue weighted by atomic mass is 10.00. The third kappa shape index (κ3) is 2.26. The highest BCUT2D eigenvalue weighted by Gasteiger charge is 2.10. The van der Waals surface area contributed by atoms with Gasteiger partial charge in [0.15, 0.2) is 0 Å². The van der Waals surface area contributed by atoms with Crippen LogP contribution in [0.1, 0.15) is 0 Å². The Morgan fingerprint density at radius 2 is 1.60 bits per heavy atom. The highest BCUT2D eigenvalue weighted by molar-refractivity contribution is 5.76. The van der Waals surface area contributed by atoms with E-state index < -0.39 is 0 Å². The minimum atomic E-state index is -0.300. The van der Waals surface area contributed by atoms with Crippen molar-refractivity contribution < 1.29 is 4.39 Å². The van der Waals surface area contributed by atoms with Gasteiger partial charge in [-0.2, -0.15) is 0 Å². The van der Waals surface area contributed by atoms with Gasteiger partial charge < -0.3 is 5.73 Å². The zero-order valence-corrected chi connectivity index (χ0v) is 10.8. The van der Waals surface area contributed by atoms with Crippen LogP contribution in [0.3, 0.4) is 0 Å². The van der Waals surface area contributed by atoms with Gasteiger partial charge in [-0.15, -0.1) is 0 Å². The van der Waals surface area contributed by atoms with Crippen LogP contribution in [0.5, 0.6) is 0 Å². The molecular formula is C17H13FN2. The lowest BCUT2D eigenvalue weighted by Crippen LogP contribution is -1.95. The van der Waals surface area contributed by atoms with E-state index in [4.69, 9.17) is 5.73 Å². The zero-order chi connectivity index (χ0) is 13.9. The Morgan fingerprint density at radius 3 is 2.30 bits per heavy atom. The summed E-state index contributed by atoms with van der Waals surface area (Å²) in [6.45, 7) is 0. The predicted octanol–water partition coefficient (Wildman–Crippen LogP) is 4.14. The summed E-state index contributed by atoms with van der Waals surface area (Å²) in [5, 5.41) is 0. The number of nitrogens with two attached hydrogens (primary N) is 1. The Hall–Kier alpha value is -2.68. The lowest BCUT2D eigenvalue weighted by molar-refractivity contribution is 0.632. The van der Waals surface area contributed by atoms with Gasteiger partial charge in [0, 0.05) is 17.3 Å². The third-order valence-corrected chi connectivity index (χ3v) is 3.20. The normalized spacial score (nSPS) is 10.4. The largest absolute Gasteiger partial charge is 0.383 e. The highest BCUT2D eigenvalue weighted by atomic mass is 19.1. The fourth-order valence-electron chi connectivity index (χ4n) is 2.19. The van der Waals surface area contributed by atoms with E-state index in [2.05, 4.69) is 4.98 Å². The standard InChI is InChI=1S/C17H13FN2/c18-16-11-13(12-5-2-1-3-6-12)8-9-14(16)15-7-4-10-20-17(15)19/h1-11H,(H2,19,20). The van der Waals surface area contributed by atoms with Crippen LogP contribution in [0.15, 0.2) is 66.9 Å². The smallest absolute Gasteiger partial charge is 0.131 e. The molecule has 0 aliphatic carbocycles. The highest BCUT2D eigenvalue weighted by Crippen LogP contribution is 2.30. The second kappa shape index (κ2) is 5.13. The van der Waals surface area contributed by atoms with Crippen molar-refractivity contribution in [3.8, 4) is 22.3 Å². The number of nitrogen functional groups attached to an aromatic ring is 1. The molecule has 20 heavy (non-hydrogen) atoms. The van der Waals surface area contributed by atoms with Crippen molar-refractivity contribution in [2.75, 3.05) is 5.73 Å². The molecule has 1 aromatic heterocycles. The van der Waals surface area contributed by atoms with Crippen molar-refractivity contribution >= 4 is 5.82 Å². The van der Waals surface area contributed by atoms with E-state index in [9.17, 15) is 4.39 Å². The average Bonchev–Trinajstić information content (AvgIpc) is 2.49. The van der Waals surface area contributed by atoms with Crippen molar-refractivity contribution in [3.63, 3.8) is 0 Å². The summed E-state index contributed by atoms with van der Waals surface area (Å²) in [5.41, 5.74) is 8.70. The summed E-state index contributed by atoms with van der Waals surface area (Å²) in [5.74, 6) is 0.0323. The van der Waals surface area contributed by atoms with Crippen LogP contribution in [0.2, 0.25) is 0 Å². The van der Waals surface area contributed by atoms with E-state index in [0.717, 1.165) is 11.1 Å². The Kier molecular flexibility index (Phi) is 3.17. The molecule has 1 heterocycles. The van der Waals surface area contributed by atoms with Gasteiger partial charge in [-0.25, -0.2) is 9.37 Å². The summed E-state index contributed by atoms with van der Waals surface area (Å²) in [4.78, 5) is 3.99. The predicted molar refractivity (Wildman–Crippen MR) is 79.5 cm³/mol. The van der Waals surface area contributed by atoms with Crippen molar-refractivity contribution in [3.05, 3.63) is 72.7 Å². The molecule has 0 bridgehead atoms. The Labute approximate surface area is 116 Å². The molecule has 0 amide bonds. The van der Waals surface area contributed by atoms with Gasteiger partial charge in [0.25, 0.3) is 0 Å². The topological polar surface area (TPSA) is 38.9 Å². The molecule has 0 aliphatic heterocycles. The van der Waals surface area contributed by atoms with Crippen LogP contribution in [0.25, 0.3) is 22.3 Å². The fraction of sp³-hybridized carbons (Fsp3) is 0. The number of halogens is 1. The summed E-state index contributed by atoms with van der Waals surface area (Å²) in [6, 6.07) is 18.4. The Bertz CT molecular complexity index is 739. The fourth-order valence-corrected chi connectivity index (χ4v) is 2.19. The van der Waals surface area contributed by atoms with Gasteiger partial charge in [-0.1, -0.05) is 42.5 Å². The van der Waals surface area contributed by atoms with Crippen LogP contribution in [0.4, 0.5) is 10.2 Å². The molecule has 2 nitrogen and oxygen atoms in total. The third-order valence-electron chi connectivity index (χ3n) is 3.20. The van der Waals surface area contributed by atoms with Crippen LogP contribution in [0, 0.1) is 5.82 Å². The molecule has 3 heteroatoms. The van der Waals surface area contributed by atoms with E-state index in [-0.39, 0.29) is 5.82 Å². The van der Waals surface area contributed by atoms with Crippen LogP contribution in [-0.2, 0) is 0 Å². The maximum Gasteiger partial charge on any atom is 0.131 e. The molecule has 2 N–H and O–H groups in total. The Balaban J connectivity index is 2.07. The second-order valence-electron chi connectivity index (χ2n) is 4.50. The van der Waals surface area contributed by atoms with Crippen LogP contribution < -0.4 is 5.73 Å². The zero-order valence-electron chi connectivity index (χ0n) is 10.8. The molecular weight excluding hydrogens is 251 g/mol. The summed E-state index contributed by atoms with van der Waals surface area (Å²) in [7, 11) is 0. The number of nitrogens with zero attached hydrogens (tertiary/aromatic N) is 1. The molecule has 0 saturated carbocycles. The number of aromatic nitrogens is 1. The molecule has 0 aliphatic rings. The SMILES string of the molecule is Nc1ncccc1-c1ccc(-c2ccccc2)cc1F. The molecule has 0 spiro atoms. The van der Waals surface area contributed by atoms with Crippen LogP contribution in [-0.4, -0.2) is 4.98 Å². The summed E-state index contributed by atoms with van der Waals surface area (Å²) >= 11 is 0. The van der Waals surface area contributed by atoms with E-state index >= 15 is 0 Å². The maximum atomic E-state index is 14.3. The summed E-state index contributed by atoms with van der Waals surface area (Å²) in [6.07, 6.45) is 1.59. The summed E-state index contributed by atoms with van der Waals surface area (Å²) < 4.78 is 14.3. The van der Waals surface area contributed by atoms with Crippen molar-refractivity contribution in [2.45, 2.75) is 0 Å².